The minimum atomic E-state index is -2.34. The zero-order chi connectivity index (χ0) is 16.4. The summed E-state index contributed by atoms with van der Waals surface area (Å²) in [4.78, 5) is 24.5. The molecule has 1 aliphatic rings. The Labute approximate surface area is 122 Å². The lowest BCUT2D eigenvalue weighted by molar-refractivity contribution is -0.129. The summed E-state index contributed by atoms with van der Waals surface area (Å²) in [5.41, 5.74) is -1.59. The van der Waals surface area contributed by atoms with Crippen molar-refractivity contribution in [3.8, 4) is 0 Å². The normalized spacial score (nSPS) is 16.4. The van der Waals surface area contributed by atoms with Crippen molar-refractivity contribution < 1.29 is 31.5 Å². The van der Waals surface area contributed by atoms with Gasteiger partial charge in [0.15, 0.2) is 23.3 Å². The zero-order valence-corrected chi connectivity index (χ0v) is 11.4. The van der Waals surface area contributed by atoms with E-state index >= 15 is 0 Å². The van der Waals surface area contributed by atoms with Gasteiger partial charge in [-0.1, -0.05) is 12.8 Å². The fourth-order valence-electron chi connectivity index (χ4n) is 2.30. The van der Waals surface area contributed by atoms with Crippen molar-refractivity contribution in [3.05, 3.63) is 34.6 Å². The topological polar surface area (TPSA) is 37.4 Å². The van der Waals surface area contributed by atoms with Crippen LogP contribution in [0, 0.1) is 29.1 Å². The number of carbonyl (C=O) groups excluding carboxylic acids is 2. The van der Waals surface area contributed by atoms with Gasteiger partial charge in [-0.15, -0.1) is 0 Å². The quantitative estimate of drug-likeness (QED) is 0.344. The van der Waals surface area contributed by atoms with Crippen molar-refractivity contribution in [2.24, 2.45) is 0 Å². The molecule has 120 valence electrons. The molecule has 0 radical (unpaired) electrons. The van der Waals surface area contributed by atoms with Gasteiger partial charge in [0.1, 0.15) is 5.56 Å². The summed E-state index contributed by atoms with van der Waals surface area (Å²) >= 11 is 0. The highest BCUT2D eigenvalue weighted by Gasteiger charge is 2.34. The van der Waals surface area contributed by atoms with Gasteiger partial charge in [-0.25, -0.2) is 22.0 Å². The van der Waals surface area contributed by atoms with Crippen molar-refractivity contribution >= 4 is 11.8 Å². The fraction of sp³-hybridized carbons (Fsp3) is 0.429. The summed E-state index contributed by atoms with van der Waals surface area (Å²) in [6.45, 7) is -0.114. The minimum Gasteiger partial charge on any atom is -0.278 e. The van der Waals surface area contributed by atoms with E-state index in [9.17, 15) is 31.5 Å². The average Bonchev–Trinajstić information content (AvgIpc) is 2.47. The van der Waals surface area contributed by atoms with Crippen LogP contribution in [0.2, 0.25) is 0 Å². The Morgan fingerprint density at radius 1 is 0.773 bits per heavy atom. The van der Waals surface area contributed by atoms with E-state index in [0.29, 0.717) is 24.2 Å². The first-order valence-corrected chi connectivity index (χ1v) is 6.72. The van der Waals surface area contributed by atoms with Crippen molar-refractivity contribution in [1.82, 2.24) is 4.90 Å². The minimum absolute atomic E-state index is 0.0128. The van der Waals surface area contributed by atoms with Crippen LogP contribution < -0.4 is 0 Å². The summed E-state index contributed by atoms with van der Waals surface area (Å²) in [5, 5.41) is 0. The molecule has 0 aromatic heterocycles. The molecule has 0 N–H and O–H groups in total. The highest BCUT2D eigenvalue weighted by Crippen LogP contribution is 2.25. The standard InChI is InChI=1S/C14H12F5NO2/c15-9-8(10(16)12(18)13(19)11(9)17)14(22)20-6-4-2-1-3-5-7(20)21/h1-6H2. The van der Waals surface area contributed by atoms with Crippen LogP contribution in [0.3, 0.4) is 0 Å². The Morgan fingerprint density at radius 2 is 1.27 bits per heavy atom. The summed E-state index contributed by atoms with van der Waals surface area (Å²) in [6.07, 6.45) is 2.37. The lowest BCUT2D eigenvalue weighted by Gasteiger charge is -2.23. The molecule has 1 heterocycles. The van der Waals surface area contributed by atoms with Crippen LogP contribution in [0.25, 0.3) is 0 Å². The molecule has 1 aliphatic heterocycles. The molecule has 8 heteroatoms. The highest BCUT2D eigenvalue weighted by molar-refractivity contribution is 6.05. The van der Waals surface area contributed by atoms with E-state index in [4.69, 9.17) is 0 Å². The van der Waals surface area contributed by atoms with Gasteiger partial charge < -0.3 is 0 Å². The van der Waals surface area contributed by atoms with Gasteiger partial charge >= 0.3 is 0 Å². The molecule has 1 fully saturated rings. The third-order valence-electron chi connectivity index (χ3n) is 3.49. The van der Waals surface area contributed by atoms with E-state index in [1.807, 2.05) is 0 Å². The number of benzene rings is 1. The second-order valence-electron chi connectivity index (χ2n) is 4.96. The molecule has 0 spiro atoms. The molecule has 0 aliphatic carbocycles. The van der Waals surface area contributed by atoms with E-state index in [1.54, 1.807) is 0 Å². The van der Waals surface area contributed by atoms with Crippen molar-refractivity contribution in [2.45, 2.75) is 32.1 Å². The molecular weight excluding hydrogens is 309 g/mol. The maximum absolute atomic E-state index is 13.6. The second kappa shape index (κ2) is 6.41. The van der Waals surface area contributed by atoms with Crippen LogP contribution in [0.5, 0.6) is 0 Å². The molecule has 1 aromatic carbocycles. The van der Waals surface area contributed by atoms with Crippen molar-refractivity contribution in [3.63, 3.8) is 0 Å². The Morgan fingerprint density at radius 3 is 1.86 bits per heavy atom. The molecule has 0 saturated carbocycles. The first-order chi connectivity index (χ1) is 10.4. The van der Waals surface area contributed by atoms with Gasteiger partial charge in [0.05, 0.1) is 0 Å². The van der Waals surface area contributed by atoms with E-state index in [0.717, 1.165) is 6.42 Å². The molecule has 0 unspecified atom stereocenters. The number of imide groups is 1. The third-order valence-corrected chi connectivity index (χ3v) is 3.49. The lowest BCUT2D eigenvalue weighted by Crippen LogP contribution is -2.39. The van der Waals surface area contributed by atoms with E-state index < -0.39 is 46.5 Å². The van der Waals surface area contributed by atoms with Crippen LogP contribution in [0.4, 0.5) is 22.0 Å². The van der Waals surface area contributed by atoms with Crippen LogP contribution in [-0.2, 0) is 4.79 Å². The van der Waals surface area contributed by atoms with Crippen molar-refractivity contribution in [1.29, 1.82) is 0 Å². The molecule has 2 rings (SSSR count). The fourth-order valence-corrected chi connectivity index (χ4v) is 2.30. The number of hydrogen-bond donors (Lipinski definition) is 0. The maximum Gasteiger partial charge on any atom is 0.266 e. The van der Waals surface area contributed by atoms with Crippen LogP contribution in [0.1, 0.15) is 42.5 Å². The van der Waals surface area contributed by atoms with E-state index in [2.05, 4.69) is 0 Å². The average molecular weight is 321 g/mol. The highest BCUT2D eigenvalue weighted by atomic mass is 19.2. The monoisotopic (exact) mass is 321 g/mol. The molecule has 22 heavy (non-hydrogen) atoms. The first-order valence-electron chi connectivity index (χ1n) is 6.72. The lowest BCUT2D eigenvalue weighted by atomic mass is 10.1. The van der Waals surface area contributed by atoms with Gasteiger partial charge in [-0.05, 0) is 12.8 Å². The van der Waals surface area contributed by atoms with Gasteiger partial charge in [0.2, 0.25) is 11.7 Å². The Hall–Kier alpha value is -1.99. The number of carbonyl (C=O) groups is 2. The van der Waals surface area contributed by atoms with E-state index in [1.165, 1.54) is 0 Å². The van der Waals surface area contributed by atoms with Gasteiger partial charge in [0.25, 0.3) is 5.91 Å². The predicted molar refractivity (Wildman–Crippen MR) is 65.4 cm³/mol. The maximum atomic E-state index is 13.6. The molecule has 3 nitrogen and oxygen atoms in total. The molecular formula is C14H12F5NO2. The van der Waals surface area contributed by atoms with Gasteiger partial charge in [0, 0.05) is 13.0 Å². The Kier molecular flexibility index (Phi) is 4.77. The number of halogens is 5. The summed E-state index contributed by atoms with van der Waals surface area (Å²) in [5.74, 6) is -13.4. The Bertz CT molecular complexity index is 603. The first kappa shape index (κ1) is 16.4. The van der Waals surface area contributed by atoms with Crippen molar-refractivity contribution in [2.75, 3.05) is 6.54 Å². The van der Waals surface area contributed by atoms with Gasteiger partial charge in [-0.2, -0.15) is 0 Å². The molecule has 1 aromatic rings. The molecule has 2 amide bonds. The number of rotatable bonds is 1. The van der Waals surface area contributed by atoms with Crippen LogP contribution >= 0.6 is 0 Å². The predicted octanol–water partition coefficient (Wildman–Crippen LogP) is 3.32. The van der Waals surface area contributed by atoms with Crippen LogP contribution in [-0.4, -0.2) is 23.3 Å². The third kappa shape index (κ3) is 2.82. The zero-order valence-electron chi connectivity index (χ0n) is 11.4. The smallest absolute Gasteiger partial charge is 0.266 e. The molecule has 0 bridgehead atoms. The Balaban J connectivity index is 2.46. The molecule has 1 saturated heterocycles. The van der Waals surface area contributed by atoms with Crippen LogP contribution in [0.15, 0.2) is 0 Å². The number of hydrogen-bond acceptors (Lipinski definition) is 2. The summed E-state index contributed by atoms with van der Waals surface area (Å²) in [7, 11) is 0. The summed E-state index contributed by atoms with van der Waals surface area (Å²) in [6, 6.07) is 0. The second-order valence-corrected chi connectivity index (χ2v) is 4.96. The number of amides is 2. The number of nitrogens with zero attached hydrogens (tertiary/aromatic N) is 1. The largest absolute Gasteiger partial charge is 0.278 e. The van der Waals surface area contributed by atoms with Gasteiger partial charge in [-0.3, -0.25) is 14.5 Å². The van der Waals surface area contributed by atoms with E-state index in [-0.39, 0.29) is 13.0 Å². The molecule has 0 atom stereocenters. The number of likely N-dealkylation sites (tertiary alicyclic amines) is 1. The summed E-state index contributed by atoms with van der Waals surface area (Å²) < 4.78 is 66.6. The SMILES string of the molecule is O=C1CCCCCCN1C(=O)c1c(F)c(F)c(F)c(F)c1F.